The molecule has 0 aliphatic carbocycles. The second-order valence-corrected chi connectivity index (χ2v) is 13.4. The smallest absolute Gasteiger partial charge is 0.164 e. The highest BCUT2D eigenvalue weighted by Crippen LogP contribution is 2.41. The predicted molar refractivity (Wildman–Crippen MR) is 223 cm³/mol. The van der Waals surface area contributed by atoms with E-state index in [0.29, 0.717) is 39.8 Å². The zero-order chi connectivity index (χ0) is 37.4. The molecule has 0 unspecified atom stereocenters. The summed E-state index contributed by atoms with van der Waals surface area (Å²) in [6, 6.07) is 60.4. The van der Waals surface area contributed by atoms with Crippen LogP contribution in [0.25, 0.3) is 101 Å². The van der Waals surface area contributed by atoms with Crippen LogP contribution in [0.15, 0.2) is 176 Å². The Morgan fingerprint density at radius 2 is 0.804 bits per heavy atom. The summed E-state index contributed by atoms with van der Waals surface area (Å²) in [6.45, 7) is 0. The van der Waals surface area contributed by atoms with Crippen molar-refractivity contribution in [2.75, 3.05) is 0 Å². The lowest BCUT2D eigenvalue weighted by molar-refractivity contribution is 1.07. The van der Waals surface area contributed by atoms with Gasteiger partial charge in [0.2, 0.25) is 0 Å². The van der Waals surface area contributed by atoms with Gasteiger partial charge in [0.05, 0.1) is 45.3 Å². The molecular formula is C49H29N7. The third kappa shape index (κ3) is 5.79. The average Bonchev–Trinajstić information content (AvgIpc) is 3.29. The number of hydrogen-bond donors (Lipinski definition) is 0. The lowest BCUT2D eigenvalue weighted by Crippen LogP contribution is -2.01. The molecule has 10 aromatic rings. The van der Waals surface area contributed by atoms with E-state index in [1.165, 1.54) is 0 Å². The molecule has 10 rings (SSSR count). The van der Waals surface area contributed by atoms with Gasteiger partial charge in [0, 0.05) is 49.5 Å². The van der Waals surface area contributed by atoms with Crippen molar-refractivity contribution in [2.45, 2.75) is 0 Å². The maximum absolute atomic E-state index is 10.7. The zero-order valence-electron chi connectivity index (χ0n) is 29.9. The Labute approximate surface area is 322 Å². The second kappa shape index (κ2) is 13.8. The summed E-state index contributed by atoms with van der Waals surface area (Å²) in [7, 11) is 0. The van der Waals surface area contributed by atoms with Crippen LogP contribution < -0.4 is 0 Å². The Morgan fingerprint density at radius 1 is 0.339 bits per heavy atom. The van der Waals surface area contributed by atoms with Crippen molar-refractivity contribution in [3.63, 3.8) is 0 Å². The number of nitriles is 1. The van der Waals surface area contributed by atoms with Gasteiger partial charge in [0.25, 0.3) is 0 Å². The minimum absolute atomic E-state index is 0.502. The molecule has 0 saturated carbocycles. The summed E-state index contributed by atoms with van der Waals surface area (Å²) in [5.41, 5.74) is 10.00. The molecule has 0 aliphatic heterocycles. The molecule has 0 N–H and O–H groups in total. The third-order valence-electron chi connectivity index (χ3n) is 9.91. The Kier molecular flexibility index (Phi) is 8.05. The van der Waals surface area contributed by atoms with Gasteiger partial charge in [0.15, 0.2) is 17.5 Å². The summed E-state index contributed by atoms with van der Waals surface area (Å²) in [6.07, 6.45) is 0. The Balaban J connectivity index is 1.26. The van der Waals surface area contributed by atoms with Crippen LogP contribution in [-0.4, -0.2) is 29.9 Å². The molecular weight excluding hydrogens is 687 g/mol. The molecule has 0 spiro atoms. The van der Waals surface area contributed by atoms with Gasteiger partial charge in [-0.25, -0.2) is 29.9 Å². The highest BCUT2D eigenvalue weighted by Gasteiger charge is 2.22. The fourth-order valence-electron chi connectivity index (χ4n) is 7.30. The number of fused-ring (bicyclic) bond motifs is 5. The Bertz CT molecular complexity index is 3070. The molecule has 0 aliphatic rings. The van der Waals surface area contributed by atoms with Gasteiger partial charge >= 0.3 is 0 Å². The van der Waals surface area contributed by atoms with Crippen LogP contribution >= 0.6 is 0 Å². The minimum Gasteiger partial charge on any atom is -0.247 e. The molecule has 3 heterocycles. The molecule has 0 atom stereocenters. The van der Waals surface area contributed by atoms with Crippen molar-refractivity contribution >= 4 is 32.7 Å². The van der Waals surface area contributed by atoms with E-state index in [9.17, 15) is 5.26 Å². The Hall–Kier alpha value is -7.95. The average molecular weight is 716 g/mol. The summed E-state index contributed by atoms with van der Waals surface area (Å²) in [5, 5.41) is 13.1. The monoisotopic (exact) mass is 715 g/mol. The van der Waals surface area contributed by atoms with Crippen LogP contribution in [-0.2, 0) is 0 Å². The van der Waals surface area contributed by atoms with Crippen molar-refractivity contribution in [2.24, 2.45) is 0 Å². The van der Waals surface area contributed by atoms with Crippen molar-refractivity contribution in [3.05, 3.63) is 181 Å². The molecule has 56 heavy (non-hydrogen) atoms. The third-order valence-corrected chi connectivity index (χ3v) is 9.91. The molecule has 3 aromatic heterocycles. The summed E-state index contributed by atoms with van der Waals surface area (Å²) >= 11 is 0. The number of nitrogens with zero attached hydrogens (tertiary/aromatic N) is 7. The van der Waals surface area contributed by atoms with Crippen LogP contribution in [0.3, 0.4) is 0 Å². The molecule has 7 heteroatoms. The van der Waals surface area contributed by atoms with Gasteiger partial charge in [-0.05, 0) is 18.2 Å². The number of benzene rings is 7. The maximum atomic E-state index is 10.7. The second-order valence-electron chi connectivity index (χ2n) is 13.4. The van der Waals surface area contributed by atoms with E-state index in [0.717, 1.165) is 66.4 Å². The van der Waals surface area contributed by atoms with Crippen LogP contribution in [0.1, 0.15) is 5.56 Å². The van der Waals surface area contributed by atoms with E-state index in [2.05, 4.69) is 12.1 Å². The molecule has 7 nitrogen and oxygen atoms in total. The van der Waals surface area contributed by atoms with Gasteiger partial charge in [-0.15, -0.1) is 0 Å². The van der Waals surface area contributed by atoms with E-state index >= 15 is 0 Å². The molecule has 7 aromatic carbocycles. The lowest BCUT2D eigenvalue weighted by atomic mass is 9.94. The fraction of sp³-hybridized carbons (Fsp3) is 0. The summed E-state index contributed by atoms with van der Waals surface area (Å²) in [5.74, 6) is 1.69. The molecule has 0 radical (unpaired) electrons. The van der Waals surface area contributed by atoms with Crippen LogP contribution in [0.4, 0.5) is 0 Å². The van der Waals surface area contributed by atoms with Crippen molar-refractivity contribution in [1.29, 1.82) is 5.26 Å². The number of hydrogen-bond acceptors (Lipinski definition) is 7. The molecule has 0 bridgehead atoms. The van der Waals surface area contributed by atoms with Gasteiger partial charge in [-0.3, -0.25) is 0 Å². The number of aromatic nitrogens is 6. The van der Waals surface area contributed by atoms with E-state index in [1.54, 1.807) is 0 Å². The van der Waals surface area contributed by atoms with Crippen LogP contribution in [0.2, 0.25) is 0 Å². The topological polar surface area (TPSA) is 101 Å². The fourth-order valence-corrected chi connectivity index (χ4v) is 7.30. The molecule has 0 amide bonds. The highest BCUT2D eigenvalue weighted by atomic mass is 15.0. The predicted octanol–water partition coefficient (Wildman–Crippen LogP) is 11.4. The normalized spacial score (nSPS) is 11.2. The van der Waals surface area contributed by atoms with Gasteiger partial charge in [-0.2, -0.15) is 5.26 Å². The molecule has 0 fully saturated rings. The van der Waals surface area contributed by atoms with Crippen molar-refractivity contribution < 1.29 is 0 Å². The number of pyridine rings is 1. The van der Waals surface area contributed by atoms with E-state index < -0.39 is 0 Å². The molecule has 260 valence electrons. The first-order chi connectivity index (χ1) is 27.7. The Morgan fingerprint density at radius 3 is 1.39 bits per heavy atom. The maximum Gasteiger partial charge on any atom is 0.164 e. The van der Waals surface area contributed by atoms with Gasteiger partial charge < -0.3 is 0 Å². The van der Waals surface area contributed by atoms with Crippen LogP contribution in [0.5, 0.6) is 0 Å². The van der Waals surface area contributed by atoms with E-state index in [4.69, 9.17) is 29.9 Å². The SMILES string of the molecule is N#Cc1cc2nc(-c3ccccc3)c(-c3ccccc3)nc2c2c(-c3cccc(-c4nc(-c5ccccc5)nc(-c5ccccc5)n4)c3)nc3ccccc3c12. The first kappa shape index (κ1) is 32.7. The lowest BCUT2D eigenvalue weighted by Gasteiger charge is -2.16. The summed E-state index contributed by atoms with van der Waals surface area (Å²) in [4.78, 5) is 30.9. The van der Waals surface area contributed by atoms with E-state index in [-0.39, 0.29) is 0 Å². The first-order valence-electron chi connectivity index (χ1n) is 18.3. The number of para-hydroxylation sites is 1. The van der Waals surface area contributed by atoms with E-state index in [1.807, 2.05) is 170 Å². The zero-order valence-corrected chi connectivity index (χ0v) is 29.9. The highest BCUT2D eigenvalue weighted by molar-refractivity contribution is 6.22. The largest absolute Gasteiger partial charge is 0.247 e. The van der Waals surface area contributed by atoms with Gasteiger partial charge in [0.1, 0.15) is 0 Å². The summed E-state index contributed by atoms with van der Waals surface area (Å²) < 4.78 is 0. The standard InChI is InChI=1S/C49H29N7/c50-30-37-29-40-46(53-45(32-18-7-2-8-19-32)44(52-40)31-16-5-1-6-17-31)42-41(37)38-26-13-14-27-39(38)51-43(42)35-24-15-25-36(28-35)49-55-47(33-20-9-3-10-21-33)54-48(56-49)34-22-11-4-12-23-34/h1-29H. The first-order valence-corrected chi connectivity index (χ1v) is 18.3. The number of rotatable bonds is 6. The molecule has 0 saturated heterocycles. The van der Waals surface area contributed by atoms with Gasteiger partial charge in [-0.1, -0.05) is 158 Å². The quantitative estimate of drug-likeness (QED) is 0.158. The minimum atomic E-state index is 0.502. The van der Waals surface area contributed by atoms with Crippen molar-refractivity contribution in [1.82, 2.24) is 29.9 Å². The van der Waals surface area contributed by atoms with Crippen LogP contribution in [0, 0.1) is 11.3 Å². The van der Waals surface area contributed by atoms with Crippen molar-refractivity contribution in [3.8, 4) is 74.0 Å².